The van der Waals surface area contributed by atoms with Crippen molar-refractivity contribution in [3.8, 4) is 0 Å². The zero-order chi connectivity index (χ0) is 12.0. The zero-order valence-corrected chi connectivity index (χ0v) is 10.2. The van der Waals surface area contributed by atoms with Gasteiger partial charge in [0, 0.05) is 6.54 Å². The summed E-state index contributed by atoms with van der Waals surface area (Å²) in [6.45, 7) is 3.89. The first-order chi connectivity index (χ1) is 7.40. The van der Waals surface area contributed by atoms with Crippen LogP contribution in [0.2, 0.25) is 0 Å². The Balaban J connectivity index is 2.31. The zero-order valence-electron chi connectivity index (χ0n) is 9.34. The normalized spacial score (nSPS) is 29.1. The predicted molar refractivity (Wildman–Crippen MR) is 60.6 cm³/mol. The summed E-state index contributed by atoms with van der Waals surface area (Å²) >= 11 is 0. The van der Waals surface area contributed by atoms with E-state index in [0.717, 1.165) is 5.56 Å². The molecule has 88 valence electrons. The molecule has 1 fully saturated rings. The Morgan fingerprint density at radius 1 is 1.38 bits per heavy atom. The minimum absolute atomic E-state index is 0.141. The molecule has 0 aliphatic carbocycles. The molecule has 0 radical (unpaired) electrons. The highest BCUT2D eigenvalue weighted by Crippen LogP contribution is 2.37. The Morgan fingerprint density at radius 3 is 2.38 bits per heavy atom. The third-order valence-corrected chi connectivity index (χ3v) is 4.95. The number of aliphatic hydroxyl groups is 1. The third-order valence-electron chi connectivity index (χ3n) is 2.93. The van der Waals surface area contributed by atoms with Crippen LogP contribution in [0.4, 0.5) is 0 Å². The van der Waals surface area contributed by atoms with Crippen LogP contribution < -0.4 is 0 Å². The first kappa shape index (κ1) is 11.6. The van der Waals surface area contributed by atoms with Gasteiger partial charge in [-0.1, -0.05) is 17.7 Å². The molecule has 0 amide bonds. The van der Waals surface area contributed by atoms with E-state index in [-0.39, 0.29) is 11.5 Å². The maximum absolute atomic E-state index is 12.1. The summed E-state index contributed by atoms with van der Waals surface area (Å²) in [5.74, 6) is 0. The highest BCUT2D eigenvalue weighted by atomic mass is 32.2. The molecule has 2 rings (SSSR count). The molecule has 0 saturated carbocycles. The van der Waals surface area contributed by atoms with Gasteiger partial charge in [-0.15, -0.1) is 0 Å². The van der Waals surface area contributed by atoms with Gasteiger partial charge in [-0.2, -0.15) is 4.31 Å². The van der Waals surface area contributed by atoms with E-state index in [2.05, 4.69) is 0 Å². The van der Waals surface area contributed by atoms with Crippen molar-refractivity contribution in [3.63, 3.8) is 0 Å². The quantitative estimate of drug-likeness (QED) is 0.794. The van der Waals surface area contributed by atoms with Crippen molar-refractivity contribution in [2.24, 2.45) is 0 Å². The molecule has 1 aliphatic rings. The summed E-state index contributed by atoms with van der Waals surface area (Å²) in [6.07, 6.45) is 0. The molecule has 0 aromatic heterocycles. The summed E-state index contributed by atoms with van der Waals surface area (Å²) in [6, 6.07) is 6.74. The Morgan fingerprint density at radius 2 is 1.94 bits per heavy atom. The predicted octanol–water partition coefficient (Wildman–Crippen LogP) is 0.750. The summed E-state index contributed by atoms with van der Waals surface area (Å²) in [7, 11) is -3.43. The van der Waals surface area contributed by atoms with Gasteiger partial charge in [0.15, 0.2) is 0 Å². The first-order valence-corrected chi connectivity index (χ1v) is 6.54. The summed E-state index contributed by atoms with van der Waals surface area (Å²) in [5, 5.41) is 9.08. The Kier molecular flexibility index (Phi) is 2.57. The van der Waals surface area contributed by atoms with Gasteiger partial charge in [-0.25, -0.2) is 8.42 Å². The fourth-order valence-corrected chi connectivity index (χ4v) is 3.44. The lowest BCUT2D eigenvalue weighted by atomic mass is 10.2. The second-order valence-electron chi connectivity index (χ2n) is 4.48. The molecule has 1 saturated heterocycles. The third kappa shape index (κ3) is 1.75. The largest absolute Gasteiger partial charge is 0.394 e. The first-order valence-electron chi connectivity index (χ1n) is 5.10. The minimum Gasteiger partial charge on any atom is -0.394 e. The minimum atomic E-state index is -3.43. The SMILES string of the molecule is Cc1ccc(S(=O)(=O)N2C[C@]2(C)CO)cc1. The van der Waals surface area contributed by atoms with Crippen LogP contribution in [-0.4, -0.2) is 36.5 Å². The van der Waals surface area contributed by atoms with Crippen molar-refractivity contribution in [3.05, 3.63) is 29.8 Å². The highest BCUT2D eigenvalue weighted by molar-refractivity contribution is 7.89. The van der Waals surface area contributed by atoms with Crippen molar-refractivity contribution in [1.29, 1.82) is 0 Å². The molecule has 2 atom stereocenters. The molecule has 1 aromatic rings. The fourth-order valence-electron chi connectivity index (χ4n) is 1.62. The number of aryl methyl sites for hydroxylation is 1. The van der Waals surface area contributed by atoms with Gasteiger partial charge in [-0.3, -0.25) is 0 Å². The van der Waals surface area contributed by atoms with E-state index in [1.54, 1.807) is 31.2 Å². The molecule has 0 spiro atoms. The monoisotopic (exact) mass is 241 g/mol. The topological polar surface area (TPSA) is 57.4 Å². The van der Waals surface area contributed by atoms with Gasteiger partial charge >= 0.3 is 0 Å². The average molecular weight is 241 g/mol. The summed E-state index contributed by atoms with van der Waals surface area (Å²) in [4.78, 5) is 0.287. The van der Waals surface area contributed by atoms with Crippen LogP contribution in [0.25, 0.3) is 0 Å². The number of hydrogen-bond acceptors (Lipinski definition) is 3. The van der Waals surface area contributed by atoms with Crippen molar-refractivity contribution >= 4 is 10.0 Å². The Labute approximate surface area is 95.6 Å². The maximum atomic E-state index is 12.1. The van der Waals surface area contributed by atoms with Gasteiger partial charge in [0.05, 0.1) is 17.0 Å². The number of hydrogen-bond donors (Lipinski definition) is 1. The summed E-state index contributed by atoms with van der Waals surface area (Å²) in [5.41, 5.74) is 0.415. The van der Waals surface area contributed by atoms with E-state index in [4.69, 9.17) is 5.11 Å². The Bertz CT molecular complexity index is 494. The fraction of sp³-hybridized carbons (Fsp3) is 0.455. The van der Waals surface area contributed by atoms with E-state index in [1.165, 1.54) is 4.31 Å². The van der Waals surface area contributed by atoms with E-state index in [9.17, 15) is 8.42 Å². The molecule has 1 N–H and O–H groups in total. The standard InChI is InChI=1S/C11H15NO3S/c1-9-3-5-10(6-4-9)16(14,15)12-7-11(12,2)8-13/h3-6,13H,7-8H2,1-2H3/t11-,12?/m1/s1. The van der Waals surface area contributed by atoms with Crippen molar-refractivity contribution < 1.29 is 13.5 Å². The Hall–Kier alpha value is -0.910. The van der Waals surface area contributed by atoms with Crippen LogP contribution >= 0.6 is 0 Å². The molecule has 4 nitrogen and oxygen atoms in total. The van der Waals surface area contributed by atoms with Crippen LogP contribution in [0.1, 0.15) is 12.5 Å². The van der Waals surface area contributed by atoms with Gasteiger partial charge in [0.2, 0.25) is 10.0 Å². The second kappa shape index (κ2) is 3.55. The lowest BCUT2D eigenvalue weighted by molar-refractivity contribution is 0.245. The van der Waals surface area contributed by atoms with Crippen LogP contribution in [0.3, 0.4) is 0 Å². The number of benzene rings is 1. The molecule has 1 unspecified atom stereocenters. The number of nitrogens with zero attached hydrogens (tertiary/aromatic N) is 1. The lowest BCUT2D eigenvalue weighted by Gasteiger charge is -2.10. The lowest BCUT2D eigenvalue weighted by Crippen LogP contribution is -2.24. The smallest absolute Gasteiger partial charge is 0.243 e. The molecule has 16 heavy (non-hydrogen) atoms. The van der Waals surface area contributed by atoms with Crippen molar-refractivity contribution in [2.75, 3.05) is 13.2 Å². The van der Waals surface area contributed by atoms with Gasteiger partial charge < -0.3 is 5.11 Å². The van der Waals surface area contributed by atoms with Crippen LogP contribution in [-0.2, 0) is 10.0 Å². The van der Waals surface area contributed by atoms with Crippen LogP contribution in [0.5, 0.6) is 0 Å². The average Bonchev–Trinajstić information content (AvgIpc) is 2.93. The molecule has 1 aromatic carbocycles. The molecule has 5 heteroatoms. The number of sulfonamides is 1. The van der Waals surface area contributed by atoms with Gasteiger partial charge in [0.1, 0.15) is 0 Å². The van der Waals surface area contributed by atoms with Gasteiger partial charge in [0.25, 0.3) is 0 Å². The van der Waals surface area contributed by atoms with E-state index in [1.807, 2.05) is 6.92 Å². The second-order valence-corrected chi connectivity index (χ2v) is 6.34. The van der Waals surface area contributed by atoms with Gasteiger partial charge in [-0.05, 0) is 26.0 Å². The molecule has 1 aliphatic heterocycles. The number of aliphatic hydroxyl groups excluding tert-OH is 1. The molecule has 1 heterocycles. The molecular weight excluding hydrogens is 226 g/mol. The highest BCUT2D eigenvalue weighted by Gasteiger charge is 2.55. The van der Waals surface area contributed by atoms with E-state index < -0.39 is 15.6 Å². The summed E-state index contributed by atoms with van der Waals surface area (Å²) < 4.78 is 25.5. The van der Waals surface area contributed by atoms with Crippen molar-refractivity contribution in [1.82, 2.24) is 4.31 Å². The molecule has 0 bridgehead atoms. The number of rotatable bonds is 3. The maximum Gasteiger partial charge on any atom is 0.243 e. The van der Waals surface area contributed by atoms with Crippen molar-refractivity contribution in [2.45, 2.75) is 24.3 Å². The molecular formula is C11H15NO3S. The van der Waals surface area contributed by atoms with E-state index >= 15 is 0 Å². The van der Waals surface area contributed by atoms with E-state index in [0.29, 0.717) is 6.54 Å². The van der Waals surface area contributed by atoms with Crippen LogP contribution in [0.15, 0.2) is 29.2 Å². The van der Waals surface area contributed by atoms with Crippen LogP contribution in [0, 0.1) is 6.92 Å².